The van der Waals surface area contributed by atoms with Gasteiger partial charge in [-0.25, -0.2) is 13.1 Å². The highest BCUT2D eigenvalue weighted by molar-refractivity contribution is 7.89. The Morgan fingerprint density at radius 2 is 2.00 bits per heavy atom. The van der Waals surface area contributed by atoms with Crippen molar-refractivity contribution in [2.75, 3.05) is 13.7 Å². The van der Waals surface area contributed by atoms with Crippen molar-refractivity contribution >= 4 is 10.0 Å². The molecule has 0 saturated carbocycles. The van der Waals surface area contributed by atoms with E-state index in [1.807, 2.05) is 13.8 Å². The van der Waals surface area contributed by atoms with Crippen LogP contribution in [0.4, 0.5) is 0 Å². The van der Waals surface area contributed by atoms with Gasteiger partial charge in [-0.15, -0.1) is 0 Å². The van der Waals surface area contributed by atoms with Crippen molar-refractivity contribution in [3.63, 3.8) is 0 Å². The van der Waals surface area contributed by atoms with Crippen molar-refractivity contribution in [3.8, 4) is 5.75 Å². The fourth-order valence-corrected chi connectivity index (χ4v) is 3.13. The number of ether oxygens (including phenoxy) is 1. The second-order valence-electron chi connectivity index (χ2n) is 4.79. The van der Waals surface area contributed by atoms with Crippen LogP contribution in [-0.2, 0) is 10.0 Å². The van der Waals surface area contributed by atoms with Gasteiger partial charge >= 0.3 is 0 Å². The lowest BCUT2D eigenvalue weighted by Crippen LogP contribution is -2.41. The van der Waals surface area contributed by atoms with Crippen molar-refractivity contribution < 1.29 is 18.3 Å². The average molecular weight is 287 g/mol. The molecule has 0 amide bonds. The van der Waals surface area contributed by atoms with Crippen LogP contribution in [0.3, 0.4) is 0 Å². The number of methoxy groups -OCH3 is 1. The van der Waals surface area contributed by atoms with Gasteiger partial charge in [0.2, 0.25) is 10.0 Å². The average Bonchev–Trinajstić information content (AvgIpc) is 2.35. The molecule has 0 heterocycles. The van der Waals surface area contributed by atoms with Gasteiger partial charge in [0.15, 0.2) is 0 Å². The summed E-state index contributed by atoms with van der Waals surface area (Å²) in [6.45, 7) is 5.25. The number of hydrogen-bond acceptors (Lipinski definition) is 4. The van der Waals surface area contributed by atoms with Gasteiger partial charge in [-0.1, -0.05) is 13.8 Å². The van der Waals surface area contributed by atoms with Gasteiger partial charge < -0.3 is 9.84 Å². The summed E-state index contributed by atoms with van der Waals surface area (Å²) in [5.41, 5.74) is 0.746. The fraction of sp³-hybridized carbons (Fsp3) is 0.538. The lowest BCUT2D eigenvalue weighted by molar-refractivity contribution is 0.227. The zero-order chi connectivity index (χ0) is 14.6. The maximum Gasteiger partial charge on any atom is 0.240 e. The molecule has 5 nitrogen and oxygen atoms in total. The minimum Gasteiger partial charge on any atom is -0.496 e. The van der Waals surface area contributed by atoms with E-state index in [1.165, 1.54) is 13.2 Å². The van der Waals surface area contributed by atoms with E-state index in [9.17, 15) is 13.5 Å². The summed E-state index contributed by atoms with van der Waals surface area (Å²) in [6.07, 6.45) is 0. The molecule has 0 aliphatic heterocycles. The van der Waals surface area contributed by atoms with Crippen molar-refractivity contribution in [2.24, 2.45) is 5.92 Å². The summed E-state index contributed by atoms with van der Waals surface area (Å²) in [6, 6.07) is 4.17. The SMILES string of the molecule is COc1ccc(S(=O)(=O)N[C@H](CO)C(C)C)cc1C. The number of aryl methyl sites for hydroxylation is 1. The Labute approximate surface area is 114 Å². The van der Waals surface area contributed by atoms with E-state index in [0.717, 1.165) is 5.56 Å². The summed E-state index contributed by atoms with van der Waals surface area (Å²) in [5, 5.41) is 9.20. The number of benzene rings is 1. The quantitative estimate of drug-likeness (QED) is 0.827. The Hall–Kier alpha value is -1.11. The van der Waals surface area contributed by atoms with E-state index in [2.05, 4.69) is 4.72 Å². The number of rotatable bonds is 6. The summed E-state index contributed by atoms with van der Waals surface area (Å²) in [4.78, 5) is 0.171. The third kappa shape index (κ3) is 3.92. The first-order chi connectivity index (χ1) is 8.81. The summed E-state index contributed by atoms with van der Waals surface area (Å²) >= 11 is 0. The van der Waals surface area contributed by atoms with E-state index in [0.29, 0.717) is 5.75 Å². The van der Waals surface area contributed by atoms with Gasteiger partial charge in [-0.05, 0) is 36.6 Å². The molecule has 19 heavy (non-hydrogen) atoms. The van der Waals surface area contributed by atoms with Crippen molar-refractivity contribution in [3.05, 3.63) is 23.8 Å². The summed E-state index contributed by atoms with van der Waals surface area (Å²) in [7, 11) is -2.09. The highest BCUT2D eigenvalue weighted by Crippen LogP contribution is 2.21. The third-order valence-electron chi connectivity index (χ3n) is 2.98. The molecule has 0 saturated heterocycles. The zero-order valence-electron chi connectivity index (χ0n) is 11.7. The minimum absolute atomic E-state index is 0.0131. The number of aliphatic hydroxyl groups is 1. The molecule has 1 atom stereocenters. The first-order valence-electron chi connectivity index (χ1n) is 6.09. The van der Waals surface area contributed by atoms with Gasteiger partial charge in [0, 0.05) is 6.04 Å². The van der Waals surface area contributed by atoms with Crippen LogP contribution >= 0.6 is 0 Å². The number of sulfonamides is 1. The molecule has 1 aromatic carbocycles. The van der Waals surface area contributed by atoms with Crippen molar-refractivity contribution in [2.45, 2.75) is 31.7 Å². The maximum atomic E-state index is 12.2. The van der Waals surface area contributed by atoms with Gasteiger partial charge in [0.25, 0.3) is 0 Å². The molecule has 108 valence electrons. The molecule has 0 aliphatic carbocycles. The molecule has 0 unspecified atom stereocenters. The second kappa shape index (κ2) is 6.36. The Kier molecular flexibility index (Phi) is 5.34. The lowest BCUT2D eigenvalue weighted by atomic mass is 10.1. The smallest absolute Gasteiger partial charge is 0.240 e. The molecule has 0 fully saturated rings. The standard InChI is InChI=1S/C13H21NO4S/c1-9(2)12(8-15)14-19(16,17)11-5-6-13(18-4)10(3)7-11/h5-7,9,12,14-15H,8H2,1-4H3/t12-/m1/s1. The fourth-order valence-electron chi connectivity index (χ4n) is 1.67. The molecular formula is C13H21NO4S. The Balaban J connectivity index is 3.03. The Morgan fingerprint density at radius 3 is 2.42 bits per heavy atom. The Morgan fingerprint density at radius 1 is 1.37 bits per heavy atom. The molecule has 0 bridgehead atoms. The van der Waals surface area contributed by atoms with Gasteiger partial charge in [0.05, 0.1) is 18.6 Å². The predicted octanol–water partition coefficient (Wildman–Crippen LogP) is 1.30. The maximum absolute atomic E-state index is 12.2. The van der Waals surface area contributed by atoms with Crippen LogP contribution < -0.4 is 9.46 Å². The molecule has 1 aromatic rings. The molecule has 0 spiro atoms. The van der Waals surface area contributed by atoms with Crippen LogP contribution in [0.2, 0.25) is 0 Å². The molecular weight excluding hydrogens is 266 g/mol. The highest BCUT2D eigenvalue weighted by Gasteiger charge is 2.22. The Bertz CT molecular complexity index is 525. The topological polar surface area (TPSA) is 75.6 Å². The van der Waals surface area contributed by atoms with E-state index in [-0.39, 0.29) is 17.4 Å². The van der Waals surface area contributed by atoms with Crippen molar-refractivity contribution in [1.82, 2.24) is 4.72 Å². The first kappa shape index (κ1) is 15.9. The van der Waals surface area contributed by atoms with Gasteiger partial charge in [-0.2, -0.15) is 0 Å². The van der Waals surface area contributed by atoms with E-state index in [1.54, 1.807) is 19.1 Å². The van der Waals surface area contributed by atoms with Crippen LogP contribution in [0.1, 0.15) is 19.4 Å². The highest BCUT2D eigenvalue weighted by atomic mass is 32.2. The molecule has 0 aromatic heterocycles. The minimum atomic E-state index is -3.63. The number of aliphatic hydroxyl groups excluding tert-OH is 1. The number of hydrogen-bond donors (Lipinski definition) is 2. The van der Waals surface area contributed by atoms with Crippen molar-refractivity contribution in [1.29, 1.82) is 0 Å². The van der Waals surface area contributed by atoms with Gasteiger partial charge in [-0.3, -0.25) is 0 Å². The van der Waals surface area contributed by atoms with Crippen LogP contribution in [-0.4, -0.2) is 33.3 Å². The van der Waals surface area contributed by atoms with E-state index >= 15 is 0 Å². The summed E-state index contributed by atoms with van der Waals surface area (Å²) < 4.78 is 32.0. The molecule has 6 heteroatoms. The molecule has 1 rings (SSSR count). The van der Waals surface area contributed by atoms with E-state index in [4.69, 9.17) is 4.74 Å². The monoisotopic (exact) mass is 287 g/mol. The largest absolute Gasteiger partial charge is 0.496 e. The van der Waals surface area contributed by atoms with Gasteiger partial charge in [0.1, 0.15) is 5.75 Å². The third-order valence-corrected chi connectivity index (χ3v) is 4.47. The second-order valence-corrected chi connectivity index (χ2v) is 6.50. The first-order valence-corrected chi connectivity index (χ1v) is 7.58. The van der Waals surface area contributed by atoms with Crippen LogP contribution in [0.15, 0.2) is 23.1 Å². The number of nitrogens with one attached hydrogen (secondary N) is 1. The zero-order valence-corrected chi connectivity index (χ0v) is 12.5. The predicted molar refractivity (Wildman–Crippen MR) is 73.8 cm³/mol. The van der Waals surface area contributed by atoms with E-state index < -0.39 is 16.1 Å². The normalized spacial score (nSPS) is 13.6. The summed E-state index contributed by atoms with van der Waals surface area (Å²) in [5.74, 6) is 0.653. The van der Waals surface area contributed by atoms with Crippen LogP contribution in [0.25, 0.3) is 0 Å². The lowest BCUT2D eigenvalue weighted by Gasteiger charge is -2.20. The molecule has 0 radical (unpaired) electrons. The molecule has 2 N–H and O–H groups in total. The van der Waals surface area contributed by atoms with Crippen LogP contribution in [0.5, 0.6) is 5.75 Å². The molecule has 0 aliphatic rings. The van der Waals surface area contributed by atoms with Crippen LogP contribution in [0, 0.1) is 12.8 Å².